The summed E-state index contributed by atoms with van der Waals surface area (Å²) in [4.78, 5) is 17.8. The first-order chi connectivity index (χ1) is 12.1. The molecule has 0 spiro atoms. The zero-order valence-corrected chi connectivity index (χ0v) is 15.2. The summed E-state index contributed by atoms with van der Waals surface area (Å²) >= 11 is 0. The normalized spacial score (nSPS) is 23.9. The summed E-state index contributed by atoms with van der Waals surface area (Å²) in [6.07, 6.45) is 6.36. The Hall–Kier alpha value is -2.07. The molecule has 4 heteroatoms. The van der Waals surface area contributed by atoms with Crippen LogP contribution in [-0.4, -0.2) is 42.1 Å². The lowest BCUT2D eigenvalue weighted by molar-refractivity contribution is -0.149. The van der Waals surface area contributed by atoms with Crippen LogP contribution >= 0.6 is 0 Å². The molecule has 0 radical (unpaired) electrons. The second-order valence-electron chi connectivity index (χ2n) is 7.52. The fourth-order valence-electron chi connectivity index (χ4n) is 4.15. The molecular formula is C21H26N2O2. The van der Waals surface area contributed by atoms with Gasteiger partial charge in [0.1, 0.15) is 0 Å². The van der Waals surface area contributed by atoms with E-state index in [0.29, 0.717) is 12.6 Å². The number of hydrogen-bond acceptors (Lipinski definition) is 3. The topological polar surface area (TPSA) is 45.3 Å². The van der Waals surface area contributed by atoms with Crippen LogP contribution in [0.4, 0.5) is 0 Å². The molecule has 1 aliphatic heterocycles. The Morgan fingerprint density at radius 1 is 1.44 bits per heavy atom. The van der Waals surface area contributed by atoms with Crippen molar-refractivity contribution in [2.45, 2.75) is 32.7 Å². The van der Waals surface area contributed by atoms with Gasteiger partial charge in [-0.3, -0.25) is 9.69 Å². The number of H-pyrrole nitrogens is 1. The summed E-state index contributed by atoms with van der Waals surface area (Å²) in [5, 5.41) is 1.36. The number of carbonyl (C=O) groups excluding carboxylic acids is 1. The van der Waals surface area contributed by atoms with E-state index in [0.717, 1.165) is 19.4 Å². The van der Waals surface area contributed by atoms with E-state index in [1.807, 2.05) is 13.8 Å². The maximum Gasteiger partial charge on any atom is 0.308 e. The van der Waals surface area contributed by atoms with Gasteiger partial charge in [0.25, 0.3) is 0 Å². The van der Waals surface area contributed by atoms with E-state index in [9.17, 15) is 4.79 Å². The summed E-state index contributed by atoms with van der Waals surface area (Å²) in [5.74, 6) is 0.150. The van der Waals surface area contributed by atoms with Gasteiger partial charge in [0, 0.05) is 35.6 Å². The molecule has 4 rings (SSSR count). The molecular weight excluding hydrogens is 312 g/mol. The Morgan fingerprint density at radius 3 is 3.08 bits per heavy atom. The molecule has 1 aromatic carbocycles. The predicted molar refractivity (Wildman–Crippen MR) is 100 cm³/mol. The van der Waals surface area contributed by atoms with E-state index in [1.54, 1.807) is 0 Å². The molecule has 1 N–H and O–H groups in total. The minimum Gasteiger partial charge on any atom is -0.465 e. The van der Waals surface area contributed by atoms with Gasteiger partial charge in [-0.1, -0.05) is 32.1 Å². The Kier molecular flexibility index (Phi) is 4.16. The van der Waals surface area contributed by atoms with E-state index in [1.165, 1.54) is 27.6 Å². The minimum absolute atomic E-state index is 0.0208. The van der Waals surface area contributed by atoms with Crippen molar-refractivity contribution in [1.82, 2.24) is 9.88 Å². The monoisotopic (exact) mass is 338 g/mol. The van der Waals surface area contributed by atoms with Crippen molar-refractivity contribution in [3.63, 3.8) is 0 Å². The molecule has 132 valence electrons. The maximum atomic E-state index is 12.0. The van der Waals surface area contributed by atoms with E-state index < -0.39 is 0 Å². The van der Waals surface area contributed by atoms with Crippen LogP contribution in [0.15, 0.2) is 30.5 Å². The molecule has 2 heterocycles. The lowest BCUT2D eigenvalue weighted by Gasteiger charge is -2.39. The van der Waals surface area contributed by atoms with E-state index in [2.05, 4.69) is 47.4 Å². The fourth-order valence-corrected chi connectivity index (χ4v) is 4.15. The highest BCUT2D eigenvalue weighted by molar-refractivity contribution is 5.98. The van der Waals surface area contributed by atoms with Crippen LogP contribution in [0.25, 0.3) is 16.5 Å². The number of hydrogen-bond donors (Lipinski definition) is 1. The highest BCUT2D eigenvalue weighted by Gasteiger charge is 2.33. The number of benzene rings is 1. The molecule has 0 unspecified atom stereocenters. The van der Waals surface area contributed by atoms with E-state index in [4.69, 9.17) is 4.74 Å². The molecule has 1 aromatic heterocycles. The summed E-state index contributed by atoms with van der Waals surface area (Å²) in [7, 11) is 2.18. The van der Waals surface area contributed by atoms with Crippen molar-refractivity contribution >= 4 is 22.4 Å². The molecule has 3 atom stereocenters. The van der Waals surface area contributed by atoms with Gasteiger partial charge in [-0.15, -0.1) is 0 Å². The number of aromatic amines is 1. The van der Waals surface area contributed by atoms with E-state index in [-0.39, 0.29) is 17.8 Å². The number of esters is 1. The number of rotatable bonds is 4. The second kappa shape index (κ2) is 6.34. The molecule has 0 saturated carbocycles. The molecule has 0 amide bonds. The van der Waals surface area contributed by atoms with Crippen molar-refractivity contribution in [2.24, 2.45) is 11.8 Å². The quantitative estimate of drug-likeness (QED) is 0.866. The Balaban J connectivity index is 1.62. The van der Waals surface area contributed by atoms with Gasteiger partial charge in [0.15, 0.2) is 0 Å². The first kappa shape index (κ1) is 16.4. The van der Waals surface area contributed by atoms with Crippen LogP contribution in [-0.2, 0) is 16.0 Å². The molecule has 0 bridgehead atoms. The maximum absolute atomic E-state index is 12.0. The van der Waals surface area contributed by atoms with Crippen LogP contribution in [0.1, 0.15) is 31.4 Å². The van der Waals surface area contributed by atoms with Gasteiger partial charge in [0.05, 0.1) is 12.5 Å². The highest BCUT2D eigenvalue weighted by Crippen LogP contribution is 2.40. The lowest BCUT2D eigenvalue weighted by Crippen LogP contribution is -2.43. The zero-order valence-electron chi connectivity index (χ0n) is 15.2. The third-order valence-electron chi connectivity index (χ3n) is 5.79. The van der Waals surface area contributed by atoms with Crippen LogP contribution in [0.2, 0.25) is 0 Å². The number of ether oxygens (including phenoxy) is 1. The molecule has 0 fully saturated rings. The van der Waals surface area contributed by atoms with Crippen LogP contribution in [0, 0.1) is 11.8 Å². The SMILES string of the molecule is CC[C@@H](C)C(=O)OC[C@@H]1C=C2c3cccc4[nH]cc(c34)C[C@H]2N(C)C1. The largest absolute Gasteiger partial charge is 0.465 e. The minimum atomic E-state index is -0.0793. The second-order valence-corrected chi connectivity index (χ2v) is 7.52. The van der Waals surface area contributed by atoms with Crippen molar-refractivity contribution in [3.05, 3.63) is 41.6 Å². The van der Waals surface area contributed by atoms with Crippen LogP contribution in [0.3, 0.4) is 0 Å². The molecule has 2 aromatic rings. The smallest absolute Gasteiger partial charge is 0.308 e. The number of nitrogens with one attached hydrogen (secondary N) is 1. The van der Waals surface area contributed by atoms with Crippen molar-refractivity contribution in [3.8, 4) is 0 Å². The van der Waals surface area contributed by atoms with Crippen molar-refractivity contribution < 1.29 is 9.53 Å². The van der Waals surface area contributed by atoms with Crippen LogP contribution < -0.4 is 0 Å². The lowest BCUT2D eigenvalue weighted by atomic mass is 9.80. The summed E-state index contributed by atoms with van der Waals surface area (Å²) < 4.78 is 5.57. The zero-order chi connectivity index (χ0) is 17.6. The summed E-state index contributed by atoms with van der Waals surface area (Å²) in [6.45, 7) is 5.35. The van der Waals surface area contributed by atoms with Gasteiger partial charge >= 0.3 is 5.97 Å². The summed E-state index contributed by atoms with van der Waals surface area (Å²) in [5.41, 5.74) is 5.33. The Morgan fingerprint density at radius 2 is 2.28 bits per heavy atom. The molecule has 1 aliphatic carbocycles. The van der Waals surface area contributed by atoms with Crippen molar-refractivity contribution in [2.75, 3.05) is 20.2 Å². The van der Waals surface area contributed by atoms with Gasteiger partial charge in [0.2, 0.25) is 0 Å². The summed E-state index contributed by atoms with van der Waals surface area (Å²) in [6, 6.07) is 6.89. The Bertz CT molecular complexity index is 836. The highest BCUT2D eigenvalue weighted by atomic mass is 16.5. The van der Waals surface area contributed by atoms with E-state index >= 15 is 0 Å². The molecule has 4 nitrogen and oxygen atoms in total. The molecule has 0 saturated heterocycles. The number of aromatic nitrogens is 1. The molecule has 25 heavy (non-hydrogen) atoms. The average Bonchev–Trinajstić information content (AvgIpc) is 3.04. The Labute approximate surface area is 148 Å². The van der Waals surface area contributed by atoms with Gasteiger partial charge in [-0.2, -0.15) is 0 Å². The first-order valence-electron chi connectivity index (χ1n) is 9.26. The third-order valence-corrected chi connectivity index (χ3v) is 5.79. The van der Waals surface area contributed by atoms with Gasteiger partial charge in [-0.25, -0.2) is 0 Å². The molecule has 2 aliphatic rings. The van der Waals surface area contributed by atoms with Gasteiger partial charge < -0.3 is 9.72 Å². The van der Waals surface area contributed by atoms with Crippen molar-refractivity contribution in [1.29, 1.82) is 0 Å². The van der Waals surface area contributed by atoms with Gasteiger partial charge in [-0.05, 0) is 42.7 Å². The number of fused-ring (bicyclic) bond motifs is 2. The first-order valence-corrected chi connectivity index (χ1v) is 9.26. The number of carbonyl (C=O) groups is 1. The number of nitrogens with zero attached hydrogens (tertiary/aromatic N) is 1. The third kappa shape index (κ3) is 2.78. The fraction of sp³-hybridized carbons (Fsp3) is 0.476. The van der Waals surface area contributed by atoms with Crippen LogP contribution in [0.5, 0.6) is 0 Å². The predicted octanol–water partition coefficient (Wildman–Crippen LogP) is 3.63. The number of likely N-dealkylation sites (N-methyl/N-ethyl adjacent to an activating group) is 1. The standard InChI is InChI=1S/C21H26N2O2/c1-4-13(2)21(24)25-12-14-8-17-16-6-5-7-18-20(16)15(10-22-18)9-19(17)23(3)11-14/h5-8,10,13-14,19,22H,4,9,11-12H2,1-3H3/t13-,14-,19-/m1/s1. The average molecular weight is 338 g/mol.